The van der Waals surface area contributed by atoms with E-state index in [0.29, 0.717) is 19.1 Å². The van der Waals surface area contributed by atoms with Crippen LogP contribution in [0.5, 0.6) is 0 Å². The second-order valence-electron chi connectivity index (χ2n) is 6.50. The van der Waals surface area contributed by atoms with Gasteiger partial charge in [-0.2, -0.15) is 0 Å². The average Bonchev–Trinajstić information content (AvgIpc) is 2.59. The summed E-state index contributed by atoms with van der Waals surface area (Å²) in [7, 11) is 0. The number of pyridine rings is 1. The van der Waals surface area contributed by atoms with Crippen molar-refractivity contribution in [1.29, 1.82) is 0 Å². The Bertz CT molecular complexity index is 505. The molecule has 3 rings (SSSR count). The van der Waals surface area contributed by atoms with E-state index in [-0.39, 0.29) is 18.1 Å². The minimum Gasteiger partial charge on any atom is -0.366 e. The zero-order valence-electron chi connectivity index (χ0n) is 13.7. The molecule has 23 heavy (non-hydrogen) atoms. The molecule has 0 unspecified atom stereocenters. The van der Waals surface area contributed by atoms with E-state index in [1.807, 2.05) is 18.3 Å². The number of rotatable bonds is 4. The van der Waals surface area contributed by atoms with Gasteiger partial charge in [-0.1, -0.05) is 13.0 Å². The number of hydrogen-bond donors (Lipinski definition) is 2. The molecule has 2 saturated heterocycles. The number of aromatic nitrogens is 1. The minimum absolute atomic E-state index is 0.0206. The molecule has 1 aromatic heterocycles. The highest BCUT2D eigenvalue weighted by Gasteiger charge is 2.30. The van der Waals surface area contributed by atoms with Gasteiger partial charge in [0.25, 0.3) is 5.91 Å². The van der Waals surface area contributed by atoms with Gasteiger partial charge in [0.15, 0.2) is 0 Å². The largest absolute Gasteiger partial charge is 0.366 e. The topological polar surface area (TPSA) is 66.5 Å². The van der Waals surface area contributed by atoms with E-state index in [2.05, 4.69) is 33.5 Å². The molecule has 0 spiro atoms. The second-order valence-corrected chi connectivity index (χ2v) is 6.50. The maximum absolute atomic E-state index is 12.3. The van der Waals surface area contributed by atoms with Crippen molar-refractivity contribution in [3.8, 4) is 0 Å². The number of morpholine rings is 1. The van der Waals surface area contributed by atoms with E-state index < -0.39 is 0 Å². The Hall–Kier alpha value is -1.50. The number of nitrogens with one attached hydrogen (secondary N) is 2. The molecule has 0 aromatic carbocycles. The number of ether oxygens (including phenoxy) is 1. The minimum atomic E-state index is -0.345. The summed E-state index contributed by atoms with van der Waals surface area (Å²) < 4.78 is 5.52. The summed E-state index contributed by atoms with van der Waals surface area (Å²) in [5, 5.41) is 6.37. The van der Waals surface area contributed by atoms with Gasteiger partial charge in [0, 0.05) is 45.0 Å². The highest BCUT2D eigenvalue weighted by molar-refractivity contribution is 5.81. The van der Waals surface area contributed by atoms with Crippen molar-refractivity contribution >= 4 is 5.91 Å². The molecule has 0 aliphatic carbocycles. The van der Waals surface area contributed by atoms with E-state index >= 15 is 0 Å². The normalized spacial score (nSPS) is 29.2. The molecule has 3 atom stereocenters. The van der Waals surface area contributed by atoms with E-state index in [9.17, 15) is 4.79 Å². The molecule has 1 amide bonds. The number of carbonyl (C=O) groups excluding carboxylic acids is 1. The lowest BCUT2D eigenvalue weighted by Crippen LogP contribution is -2.55. The zero-order chi connectivity index (χ0) is 16.1. The molecular weight excluding hydrogens is 292 g/mol. The SMILES string of the molecule is C[C@@H]1CN(Cc2ccccn2)CC[C@@H]1NC(=O)[C@H]1CNCCO1. The van der Waals surface area contributed by atoms with Gasteiger partial charge < -0.3 is 15.4 Å². The van der Waals surface area contributed by atoms with Crippen LogP contribution in [0.25, 0.3) is 0 Å². The molecule has 6 heteroatoms. The van der Waals surface area contributed by atoms with Crippen LogP contribution in [0.1, 0.15) is 19.0 Å². The van der Waals surface area contributed by atoms with Crippen molar-refractivity contribution < 1.29 is 9.53 Å². The summed E-state index contributed by atoms with van der Waals surface area (Å²) in [6, 6.07) is 6.26. The van der Waals surface area contributed by atoms with Crippen LogP contribution in [-0.4, -0.2) is 60.7 Å². The first-order valence-electron chi connectivity index (χ1n) is 8.47. The number of likely N-dealkylation sites (tertiary alicyclic amines) is 1. The van der Waals surface area contributed by atoms with Gasteiger partial charge >= 0.3 is 0 Å². The molecular formula is C17H26N4O2. The average molecular weight is 318 g/mol. The van der Waals surface area contributed by atoms with Crippen molar-refractivity contribution in [1.82, 2.24) is 20.5 Å². The van der Waals surface area contributed by atoms with Crippen LogP contribution in [0.15, 0.2) is 24.4 Å². The van der Waals surface area contributed by atoms with Gasteiger partial charge in [-0.3, -0.25) is 14.7 Å². The maximum Gasteiger partial charge on any atom is 0.250 e. The quantitative estimate of drug-likeness (QED) is 0.841. The molecule has 0 radical (unpaired) electrons. The predicted octanol–water partition coefficient (Wildman–Crippen LogP) is 0.397. The third-order valence-electron chi connectivity index (χ3n) is 4.65. The van der Waals surface area contributed by atoms with Crippen LogP contribution in [0.2, 0.25) is 0 Å². The summed E-state index contributed by atoms with van der Waals surface area (Å²) in [6.07, 6.45) is 2.46. The number of hydrogen-bond acceptors (Lipinski definition) is 5. The van der Waals surface area contributed by atoms with Crippen LogP contribution in [0.4, 0.5) is 0 Å². The fraction of sp³-hybridized carbons (Fsp3) is 0.647. The molecule has 6 nitrogen and oxygen atoms in total. The summed E-state index contributed by atoms with van der Waals surface area (Å²) >= 11 is 0. The van der Waals surface area contributed by atoms with E-state index in [1.54, 1.807) is 0 Å². The second kappa shape index (κ2) is 7.86. The highest BCUT2D eigenvalue weighted by Crippen LogP contribution is 2.18. The molecule has 2 fully saturated rings. The Morgan fingerprint density at radius 1 is 1.52 bits per heavy atom. The summed E-state index contributed by atoms with van der Waals surface area (Å²) in [5.74, 6) is 0.445. The van der Waals surface area contributed by atoms with Gasteiger partial charge in [0.1, 0.15) is 6.10 Å². The fourth-order valence-corrected chi connectivity index (χ4v) is 3.32. The molecule has 2 N–H and O–H groups in total. The van der Waals surface area contributed by atoms with E-state index in [4.69, 9.17) is 4.74 Å². The number of nitrogens with zero attached hydrogens (tertiary/aromatic N) is 2. The van der Waals surface area contributed by atoms with E-state index in [0.717, 1.165) is 38.3 Å². The maximum atomic E-state index is 12.3. The molecule has 2 aliphatic rings. The summed E-state index contributed by atoms with van der Waals surface area (Å²) in [6.45, 7) is 7.08. The van der Waals surface area contributed by atoms with Crippen molar-refractivity contribution in [3.63, 3.8) is 0 Å². The predicted molar refractivity (Wildman–Crippen MR) is 87.8 cm³/mol. The van der Waals surface area contributed by atoms with E-state index in [1.165, 1.54) is 0 Å². The summed E-state index contributed by atoms with van der Waals surface area (Å²) in [4.78, 5) is 19.1. The highest BCUT2D eigenvalue weighted by atomic mass is 16.5. The summed E-state index contributed by atoms with van der Waals surface area (Å²) in [5.41, 5.74) is 1.10. The number of amides is 1. The molecule has 0 bridgehead atoms. The smallest absolute Gasteiger partial charge is 0.250 e. The number of carbonyl (C=O) groups is 1. The zero-order valence-corrected chi connectivity index (χ0v) is 13.7. The molecule has 3 heterocycles. The molecule has 126 valence electrons. The Labute approximate surface area is 137 Å². The van der Waals surface area contributed by atoms with Crippen LogP contribution >= 0.6 is 0 Å². The number of piperidine rings is 1. The van der Waals surface area contributed by atoms with Crippen molar-refractivity contribution in [2.45, 2.75) is 32.0 Å². The monoisotopic (exact) mass is 318 g/mol. The van der Waals surface area contributed by atoms with Crippen LogP contribution < -0.4 is 10.6 Å². The first-order valence-corrected chi connectivity index (χ1v) is 8.47. The molecule has 0 saturated carbocycles. The van der Waals surface area contributed by atoms with Crippen LogP contribution in [-0.2, 0) is 16.1 Å². The Morgan fingerprint density at radius 2 is 2.43 bits per heavy atom. The molecule has 2 aliphatic heterocycles. The third kappa shape index (κ3) is 4.50. The lowest BCUT2D eigenvalue weighted by Gasteiger charge is -2.37. The van der Waals surface area contributed by atoms with Gasteiger partial charge in [-0.05, 0) is 24.5 Å². The Kier molecular flexibility index (Phi) is 5.59. The van der Waals surface area contributed by atoms with Gasteiger partial charge in [0.05, 0.1) is 12.3 Å². The van der Waals surface area contributed by atoms with Gasteiger partial charge in [0.2, 0.25) is 0 Å². The first-order chi connectivity index (χ1) is 11.2. The van der Waals surface area contributed by atoms with Gasteiger partial charge in [-0.25, -0.2) is 0 Å². The fourth-order valence-electron chi connectivity index (χ4n) is 3.32. The standard InChI is InChI=1S/C17H26N4O2/c1-13-11-21(12-14-4-2-3-6-19-14)8-5-15(13)20-17(22)16-10-18-7-9-23-16/h2-4,6,13,15-16,18H,5,7-12H2,1H3,(H,20,22)/t13-,15+,16-/m1/s1. The van der Waals surface area contributed by atoms with Crippen LogP contribution in [0, 0.1) is 5.92 Å². The Morgan fingerprint density at radius 3 is 3.13 bits per heavy atom. The van der Waals surface area contributed by atoms with Crippen molar-refractivity contribution in [2.75, 3.05) is 32.8 Å². The lowest BCUT2D eigenvalue weighted by atomic mass is 9.93. The Balaban J connectivity index is 1.47. The third-order valence-corrected chi connectivity index (χ3v) is 4.65. The molecule has 1 aromatic rings. The van der Waals surface area contributed by atoms with Crippen LogP contribution in [0.3, 0.4) is 0 Å². The van der Waals surface area contributed by atoms with Crippen molar-refractivity contribution in [3.05, 3.63) is 30.1 Å². The lowest BCUT2D eigenvalue weighted by molar-refractivity contribution is -0.135. The van der Waals surface area contributed by atoms with Crippen molar-refractivity contribution in [2.24, 2.45) is 5.92 Å². The first kappa shape index (κ1) is 16.4. The van der Waals surface area contributed by atoms with Gasteiger partial charge in [-0.15, -0.1) is 0 Å².